The van der Waals surface area contributed by atoms with Crippen LogP contribution >= 0.6 is 0 Å². The highest BCUT2D eigenvalue weighted by Crippen LogP contribution is 2.25. The Bertz CT molecular complexity index is 338. The number of amides is 2. The highest BCUT2D eigenvalue weighted by Gasteiger charge is 2.32. The Morgan fingerprint density at radius 2 is 2.29 bits per heavy atom. The molecule has 1 fully saturated rings. The van der Waals surface area contributed by atoms with Gasteiger partial charge in [0.25, 0.3) is 0 Å². The molecule has 0 N–H and O–H groups in total. The van der Waals surface area contributed by atoms with Crippen molar-refractivity contribution < 1.29 is 4.79 Å². The van der Waals surface area contributed by atoms with Crippen LogP contribution in [0.15, 0.2) is 24.5 Å². The number of pyridine rings is 1. The number of urea groups is 1. The van der Waals surface area contributed by atoms with Crippen LogP contribution in [0.3, 0.4) is 0 Å². The van der Waals surface area contributed by atoms with Gasteiger partial charge in [0, 0.05) is 33.0 Å². The minimum absolute atomic E-state index is 0.0684. The molecule has 4 heteroatoms. The Morgan fingerprint density at radius 1 is 1.50 bits per heavy atom. The lowest BCUT2D eigenvalue weighted by Gasteiger charge is -2.17. The van der Waals surface area contributed by atoms with Gasteiger partial charge in [0.05, 0.1) is 6.04 Å². The second-order valence-electron chi connectivity index (χ2n) is 3.58. The average Bonchev–Trinajstić information content (AvgIpc) is 2.47. The number of hydrogen-bond donors (Lipinski definition) is 0. The van der Waals surface area contributed by atoms with Crippen molar-refractivity contribution in [2.75, 3.05) is 20.6 Å². The number of likely N-dealkylation sites (N-methyl/N-ethyl adjacent to an activating group) is 2. The van der Waals surface area contributed by atoms with Gasteiger partial charge in [0.2, 0.25) is 0 Å². The second kappa shape index (κ2) is 3.29. The molecule has 2 heterocycles. The fraction of sp³-hybridized carbons (Fsp3) is 0.400. The first kappa shape index (κ1) is 8.99. The summed E-state index contributed by atoms with van der Waals surface area (Å²) in [5.41, 5.74) is 1.09. The smallest absolute Gasteiger partial charge is 0.320 e. The normalized spacial score (nSPS) is 21.9. The maximum absolute atomic E-state index is 11.5. The monoisotopic (exact) mass is 191 g/mol. The molecule has 1 aromatic rings. The molecule has 1 atom stereocenters. The van der Waals surface area contributed by atoms with Gasteiger partial charge in [-0.1, -0.05) is 6.07 Å². The first-order chi connectivity index (χ1) is 6.70. The van der Waals surface area contributed by atoms with Crippen LogP contribution in [0.2, 0.25) is 0 Å². The van der Waals surface area contributed by atoms with Gasteiger partial charge in [0.1, 0.15) is 0 Å². The van der Waals surface area contributed by atoms with Gasteiger partial charge >= 0.3 is 6.03 Å². The summed E-state index contributed by atoms with van der Waals surface area (Å²) in [6.45, 7) is 0.737. The van der Waals surface area contributed by atoms with Crippen molar-refractivity contribution in [3.05, 3.63) is 30.1 Å². The average molecular weight is 191 g/mol. The van der Waals surface area contributed by atoms with E-state index < -0.39 is 0 Å². The SMILES string of the molecule is CN1CC(c2cccnc2)N(C)C1=O. The zero-order chi connectivity index (χ0) is 10.1. The third kappa shape index (κ3) is 1.32. The van der Waals surface area contributed by atoms with Crippen LogP contribution in [-0.4, -0.2) is 41.5 Å². The van der Waals surface area contributed by atoms with Crippen LogP contribution in [0.1, 0.15) is 11.6 Å². The van der Waals surface area contributed by atoms with Crippen LogP contribution in [0.5, 0.6) is 0 Å². The van der Waals surface area contributed by atoms with E-state index in [-0.39, 0.29) is 12.1 Å². The van der Waals surface area contributed by atoms with Crippen molar-refractivity contribution in [3.8, 4) is 0 Å². The fourth-order valence-electron chi connectivity index (χ4n) is 1.76. The molecule has 1 aliphatic rings. The van der Waals surface area contributed by atoms with E-state index in [1.54, 1.807) is 16.0 Å². The molecule has 14 heavy (non-hydrogen) atoms. The lowest BCUT2D eigenvalue weighted by Crippen LogP contribution is -2.26. The van der Waals surface area contributed by atoms with E-state index in [1.165, 1.54) is 0 Å². The maximum atomic E-state index is 11.5. The number of nitrogens with zero attached hydrogens (tertiary/aromatic N) is 3. The highest BCUT2D eigenvalue weighted by atomic mass is 16.2. The summed E-state index contributed by atoms with van der Waals surface area (Å²) in [5, 5.41) is 0. The maximum Gasteiger partial charge on any atom is 0.320 e. The quantitative estimate of drug-likeness (QED) is 0.667. The van der Waals surface area contributed by atoms with Crippen molar-refractivity contribution in [2.45, 2.75) is 6.04 Å². The number of hydrogen-bond acceptors (Lipinski definition) is 2. The predicted octanol–water partition coefficient (Wildman–Crippen LogP) is 1.12. The van der Waals surface area contributed by atoms with E-state index in [0.29, 0.717) is 0 Å². The molecule has 74 valence electrons. The highest BCUT2D eigenvalue weighted by molar-refractivity contribution is 5.76. The van der Waals surface area contributed by atoms with Gasteiger partial charge in [-0.05, 0) is 11.6 Å². The van der Waals surface area contributed by atoms with Gasteiger partial charge in [-0.3, -0.25) is 4.98 Å². The van der Waals surface area contributed by atoms with Gasteiger partial charge in [-0.2, -0.15) is 0 Å². The van der Waals surface area contributed by atoms with Crippen molar-refractivity contribution >= 4 is 6.03 Å². The summed E-state index contributed by atoms with van der Waals surface area (Å²) < 4.78 is 0. The van der Waals surface area contributed by atoms with E-state index in [2.05, 4.69) is 4.98 Å². The van der Waals surface area contributed by atoms with Crippen molar-refractivity contribution in [2.24, 2.45) is 0 Å². The Labute approximate surface area is 83.2 Å². The number of carbonyl (C=O) groups excluding carboxylic acids is 1. The topological polar surface area (TPSA) is 36.4 Å². The molecular formula is C10H13N3O. The molecule has 1 saturated heterocycles. The van der Waals surface area contributed by atoms with E-state index in [9.17, 15) is 4.79 Å². The number of aromatic nitrogens is 1. The van der Waals surface area contributed by atoms with Crippen LogP contribution in [0, 0.1) is 0 Å². The van der Waals surface area contributed by atoms with Gasteiger partial charge < -0.3 is 9.80 Å². The lowest BCUT2D eigenvalue weighted by molar-refractivity contribution is 0.201. The standard InChI is InChI=1S/C10H13N3O/c1-12-7-9(13(2)10(12)14)8-4-3-5-11-6-8/h3-6,9H,7H2,1-2H3. The molecule has 1 aromatic heterocycles. The molecule has 0 radical (unpaired) electrons. The minimum atomic E-state index is 0.0684. The van der Waals surface area contributed by atoms with Crippen LogP contribution in [-0.2, 0) is 0 Å². The summed E-state index contributed by atoms with van der Waals surface area (Å²) in [6.07, 6.45) is 3.55. The Kier molecular flexibility index (Phi) is 2.11. The molecule has 1 aliphatic heterocycles. The summed E-state index contributed by atoms with van der Waals surface area (Å²) in [7, 11) is 3.64. The van der Waals surface area contributed by atoms with E-state index in [1.807, 2.05) is 32.4 Å². The zero-order valence-corrected chi connectivity index (χ0v) is 8.34. The van der Waals surface area contributed by atoms with Crippen molar-refractivity contribution in [1.29, 1.82) is 0 Å². The summed E-state index contributed by atoms with van der Waals surface area (Å²) in [5.74, 6) is 0. The molecule has 0 saturated carbocycles. The van der Waals surface area contributed by atoms with E-state index in [0.717, 1.165) is 12.1 Å². The molecule has 0 bridgehead atoms. The molecule has 4 nitrogen and oxygen atoms in total. The molecule has 0 aliphatic carbocycles. The van der Waals surface area contributed by atoms with Gasteiger partial charge in [-0.25, -0.2) is 4.79 Å². The summed E-state index contributed by atoms with van der Waals surface area (Å²) in [4.78, 5) is 19.0. The largest absolute Gasteiger partial charge is 0.325 e. The Hall–Kier alpha value is -1.58. The third-order valence-corrected chi connectivity index (χ3v) is 2.61. The molecule has 2 rings (SSSR count). The van der Waals surface area contributed by atoms with Gasteiger partial charge in [0.15, 0.2) is 0 Å². The first-order valence-electron chi connectivity index (χ1n) is 4.58. The Balaban J connectivity index is 2.26. The number of carbonyl (C=O) groups is 1. The zero-order valence-electron chi connectivity index (χ0n) is 8.34. The molecule has 2 amide bonds. The third-order valence-electron chi connectivity index (χ3n) is 2.61. The van der Waals surface area contributed by atoms with Crippen LogP contribution in [0.25, 0.3) is 0 Å². The van der Waals surface area contributed by atoms with E-state index >= 15 is 0 Å². The van der Waals surface area contributed by atoms with E-state index in [4.69, 9.17) is 0 Å². The lowest BCUT2D eigenvalue weighted by atomic mass is 10.1. The van der Waals surface area contributed by atoms with Crippen LogP contribution in [0.4, 0.5) is 4.79 Å². The summed E-state index contributed by atoms with van der Waals surface area (Å²) >= 11 is 0. The minimum Gasteiger partial charge on any atom is -0.325 e. The molecule has 0 aromatic carbocycles. The molecule has 0 spiro atoms. The first-order valence-corrected chi connectivity index (χ1v) is 4.58. The fourth-order valence-corrected chi connectivity index (χ4v) is 1.76. The van der Waals surface area contributed by atoms with Gasteiger partial charge in [-0.15, -0.1) is 0 Å². The van der Waals surface area contributed by atoms with Crippen LogP contribution < -0.4 is 0 Å². The molecular weight excluding hydrogens is 178 g/mol. The Morgan fingerprint density at radius 3 is 2.79 bits per heavy atom. The van der Waals surface area contributed by atoms with Crippen molar-refractivity contribution in [3.63, 3.8) is 0 Å². The predicted molar refractivity (Wildman–Crippen MR) is 52.8 cm³/mol. The number of rotatable bonds is 1. The second-order valence-corrected chi connectivity index (χ2v) is 3.58. The van der Waals surface area contributed by atoms with Crippen molar-refractivity contribution in [1.82, 2.24) is 14.8 Å². The molecule has 1 unspecified atom stereocenters. The summed E-state index contributed by atoms with van der Waals surface area (Å²) in [6, 6.07) is 4.10.